The molecule has 1 aliphatic heterocycles. The number of halogens is 6. The Morgan fingerprint density at radius 2 is 0.484 bits per heavy atom. The van der Waals surface area contributed by atoms with E-state index in [2.05, 4.69) is 0 Å². The van der Waals surface area contributed by atoms with Crippen LogP contribution in [-0.4, -0.2) is 28.4 Å². The van der Waals surface area contributed by atoms with Crippen molar-refractivity contribution in [2.75, 3.05) is 28.4 Å². The van der Waals surface area contributed by atoms with Gasteiger partial charge in [0.25, 0.3) is 0 Å². The number of nitrogens with zero attached hydrogens (tertiary/aromatic N) is 3. The lowest BCUT2D eigenvalue weighted by Crippen LogP contribution is -2.03. The van der Waals surface area contributed by atoms with Crippen LogP contribution in [0.3, 0.4) is 0 Å². The minimum Gasteiger partial charge on any atom is -0.497 e. The van der Waals surface area contributed by atoms with Crippen molar-refractivity contribution in [1.29, 1.82) is 0 Å². The maximum absolute atomic E-state index is 13.9. The molecule has 0 saturated heterocycles. The number of hydrogen-bond donors (Lipinski definition) is 0. The highest BCUT2D eigenvalue weighted by molar-refractivity contribution is 9.00. The molecular formula is C42H36F6N3O4P3S6. The summed E-state index contributed by atoms with van der Waals surface area (Å²) >= 11 is 8.30. The monoisotopic (exact) mass is 1050 g/mol. The smallest absolute Gasteiger partial charge is 0.416 e. The van der Waals surface area contributed by atoms with E-state index in [0.717, 1.165) is 43.8 Å². The second kappa shape index (κ2) is 20.8. The van der Waals surface area contributed by atoms with Gasteiger partial charge in [0.2, 0.25) is 0 Å². The minimum atomic E-state index is -4.58. The molecule has 64 heavy (non-hydrogen) atoms. The molecule has 0 atom stereocenters. The minimum absolute atomic E-state index is 0.444. The summed E-state index contributed by atoms with van der Waals surface area (Å²) in [4.78, 5) is 4.12. The molecule has 0 radical (unpaired) electrons. The molecule has 0 spiro atoms. The third kappa shape index (κ3) is 12.7. The molecule has 6 aromatic rings. The molecule has 0 N–H and O–H groups in total. The summed E-state index contributed by atoms with van der Waals surface area (Å²) in [6.07, 6.45) is -9.17. The first kappa shape index (κ1) is 48.8. The van der Waals surface area contributed by atoms with Crippen molar-refractivity contribution in [1.82, 2.24) is 0 Å². The number of rotatable bonds is 16. The summed E-state index contributed by atoms with van der Waals surface area (Å²) in [6.45, 7) is 0. The maximum atomic E-state index is 13.9. The van der Waals surface area contributed by atoms with E-state index in [-0.39, 0.29) is 0 Å². The number of methoxy groups -OCH3 is 4. The van der Waals surface area contributed by atoms with Gasteiger partial charge in [-0.2, -0.15) is 26.3 Å². The molecule has 0 bridgehead atoms. The number of hydrogen-bond acceptors (Lipinski definition) is 13. The lowest BCUT2D eigenvalue weighted by Gasteiger charge is -2.34. The van der Waals surface area contributed by atoms with E-state index in [9.17, 15) is 26.3 Å². The quantitative estimate of drug-likeness (QED) is 0.0691. The highest BCUT2D eigenvalue weighted by Crippen LogP contribution is 2.99. The zero-order valence-corrected chi connectivity index (χ0v) is 41.5. The zero-order valence-electron chi connectivity index (χ0n) is 33.9. The van der Waals surface area contributed by atoms with Crippen LogP contribution in [0.5, 0.6) is 23.0 Å². The van der Waals surface area contributed by atoms with Crippen LogP contribution in [0.15, 0.2) is 189 Å². The van der Waals surface area contributed by atoms with Crippen molar-refractivity contribution in [3.63, 3.8) is 0 Å². The molecule has 336 valence electrons. The predicted octanol–water partition coefficient (Wildman–Crippen LogP) is 18.7. The normalized spacial score (nSPS) is 15.2. The molecule has 0 saturated carbocycles. The van der Waals surface area contributed by atoms with Gasteiger partial charge < -0.3 is 18.9 Å². The molecule has 1 aliphatic rings. The van der Waals surface area contributed by atoms with Crippen molar-refractivity contribution < 1.29 is 45.3 Å². The topological polar surface area (TPSA) is 74.0 Å². The van der Waals surface area contributed by atoms with Crippen LogP contribution in [0.4, 0.5) is 26.3 Å². The molecule has 7 nitrogen and oxygen atoms in total. The SMILES string of the molecule is COc1ccc(SP2(Sc3ccc(OC)cc3)=NP(Sc3ccc(OC)cc3)(Sc3ccc(OC)cc3)=NP(Sc3ccc(C(F)(F)F)cc3)(Sc3ccc(C(F)(F)F)cc3)=N2)cc1. The lowest BCUT2D eigenvalue weighted by atomic mass is 10.2. The third-order valence-corrected chi connectivity index (χ3v) is 38.4. The Bertz CT molecular complexity index is 2440. The molecule has 0 aromatic heterocycles. The first-order chi connectivity index (χ1) is 30.5. The third-order valence-electron chi connectivity index (χ3n) is 8.63. The fourth-order valence-electron chi connectivity index (χ4n) is 5.54. The highest BCUT2D eigenvalue weighted by Gasteiger charge is 2.42. The summed E-state index contributed by atoms with van der Waals surface area (Å²) < 4.78 is 123. The molecule has 0 amide bonds. The average molecular weight is 1050 g/mol. The van der Waals surface area contributed by atoms with Crippen LogP contribution in [0.2, 0.25) is 0 Å². The van der Waals surface area contributed by atoms with Crippen LogP contribution in [0.25, 0.3) is 0 Å². The van der Waals surface area contributed by atoms with E-state index in [0.29, 0.717) is 32.8 Å². The van der Waals surface area contributed by atoms with Crippen LogP contribution in [0.1, 0.15) is 11.1 Å². The summed E-state index contributed by atoms with van der Waals surface area (Å²) in [5, 5.41) is 0. The van der Waals surface area contributed by atoms with E-state index in [1.54, 1.807) is 28.4 Å². The van der Waals surface area contributed by atoms with Gasteiger partial charge in [0, 0.05) is 29.4 Å². The van der Waals surface area contributed by atoms with Crippen molar-refractivity contribution in [2.24, 2.45) is 13.5 Å². The Morgan fingerprint density at radius 1 is 0.312 bits per heavy atom. The van der Waals surface area contributed by atoms with Gasteiger partial charge in [0.15, 0.2) is 16.8 Å². The Morgan fingerprint density at radius 3 is 0.641 bits per heavy atom. The van der Waals surface area contributed by atoms with E-state index >= 15 is 0 Å². The second-order valence-corrected chi connectivity index (χ2v) is 36.6. The lowest BCUT2D eigenvalue weighted by molar-refractivity contribution is -0.138. The Hall–Kier alpha value is -3.11. The van der Waals surface area contributed by atoms with Crippen molar-refractivity contribution in [3.8, 4) is 23.0 Å². The Labute approximate surface area is 391 Å². The first-order valence-corrected chi connectivity index (χ1v) is 32.1. The van der Waals surface area contributed by atoms with Gasteiger partial charge in [-0.3, -0.25) is 0 Å². The first-order valence-electron chi connectivity index (χ1n) is 18.5. The number of ether oxygens (including phenoxy) is 4. The average Bonchev–Trinajstić information content (AvgIpc) is 3.27. The van der Waals surface area contributed by atoms with Gasteiger partial charge in [-0.1, -0.05) is 0 Å². The summed E-state index contributed by atoms with van der Waals surface area (Å²) in [5.74, 6) is 2.54. The Balaban J connectivity index is 1.56. The maximum Gasteiger partial charge on any atom is 0.416 e. The van der Waals surface area contributed by atoms with Crippen molar-refractivity contribution in [3.05, 3.63) is 157 Å². The molecule has 22 heteroatoms. The van der Waals surface area contributed by atoms with E-state index in [1.807, 2.05) is 97.1 Å². The highest BCUT2D eigenvalue weighted by atomic mass is 33.1. The van der Waals surface area contributed by atoms with Crippen molar-refractivity contribution in [2.45, 2.75) is 41.7 Å². The van der Waals surface area contributed by atoms with Gasteiger partial charge in [0.1, 0.15) is 23.0 Å². The predicted molar refractivity (Wildman–Crippen MR) is 258 cm³/mol. The summed E-state index contributed by atoms with van der Waals surface area (Å²) in [5.41, 5.74) is -11.6. The van der Waals surface area contributed by atoms with E-state index < -0.39 is 40.3 Å². The molecule has 0 fully saturated rings. The number of benzene rings is 6. The van der Waals surface area contributed by atoms with Gasteiger partial charge in [-0.15, -0.1) is 0 Å². The molecule has 6 aromatic carbocycles. The summed E-state index contributed by atoms with van der Waals surface area (Å²) in [6, 6.07) is 39.6. The number of alkyl halides is 6. The largest absolute Gasteiger partial charge is 0.497 e. The van der Waals surface area contributed by atoms with E-state index in [1.165, 1.54) is 92.6 Å². The molecular weight excluding hydrogens is 1010 g/mol. The van der Waals surface area contributed by atoms with Crippen LogP contribution < -0.4 is 18.9 Å². The van der Waals surface area contributed by atoms with Gasteiger partial charge in [-0.05, 0) is 214 Å². The van der Waals surface area contributed by atoms with Crippen molar-refractivity contribution >= 4 is 85.1 Å². The van der Waals surface area contributed by atoms with E-state index in [4.69, 9.17) is 32.5 Å². The molecule has 0 aliphatic carbocycles. The van der Waals surface area contributed by atoms with Gasteiger partial charge in [-0.25, -0.2) is 13.5 Å². The fraction of sp³-hybridized carbons (Fsp3) is 0.143. The summed E-state index contributed by atoms with van der Waals surface area (Å²) in [7, 11) is 6.30. The molecule has 1 heterocycles. The van der Waals surface area contributed by atoms with Crippen LogP contribution >= 0.6 is 85.1 Å². The second-order valence-electron chi connectivity index (χ2n) is 13.0. The zero-order chi connectivity index (χ0) is 45.6. The fourth-order valence-corrected chi connectivity index (χ4v) is 48.9. The van der Waals surface area contributed by atoms with Gasteiger partial charge in [0.05, 0.1) is 39.6 Å². The molecule has 7 rings (SSSR count). The Kier molecular flexibility index (Phi) is 15.9. The van der Waals surface area contributed by atoms with Gasteiger partial charge >= 0.3 is 12.4 Å². The molecule has 0 unspecified atom stereocenters. The van der Waals surface area contributed by atoms with Crippen LogP contribution in [-0.2, 0) is 12.4 Å². The standard InChI is InChI=1S/C42H36F6N3O4P3S6/c1-52-31-9-21-37(22-10-31)61-57(62-38-23-11-32(53-2)12-24-38)49-56(59-35-17-5-29(6-18-35)41(43,44)45,60-36-19-7-30(8-20-36)42(46,47)48)50-58(51-57,63-39-25-13-33(54-3)14-26-39)64-40-27-15-34(55-4)16-28-40/h5-28H,1-4H3. The van der Waals surface area contributed by atoms with Crippen LogP contribution in [0, 0.1) is 0 Å².